The normalized spacial score (nSPS) is 20.3. The standard InChI is InChI=1S/C32H38FN5O3.C32H38N6O3.C31H38N6O4/c1-2-30(40)36-13-15-37(16-14-36)31-27-10-12-38(29-20-25(39)19-23-7-3-4-9-26(23)29)21-28(27)34-32(35-31)41-17-11-22-6-5-8-24(33)18-22;1-2-30(40)36-11-13-37(14-12-36)31-27-8-10-38(29-18-25(39)17-22-6-3-4-7-26(22)29)21-28(27)33-32(34-31)41-15-5-9-35-19-23-16-24(23)20-35;1-2-29(39)35-11-13-36(14-12-35)30-26-8-10-37(28-21-24(38)20-23-6-3-4-7-25(23)28)22-27(26)32-31(33-30)41-17-5-9-34-15-18-40-19-16-34/h2-4,7,9,19-20,22,24,39H,1,5-6,8,10-18,21H2;2-4,6-7,17-18,23-24,39H,1,5,8-16,19-21H2;2-4,6-7,20-21,38H,1,5,8-19,22H2/t22?,24-;;/m1../s1. The molecule has 0 bridgehead atoms. The summed E-state index contributed by atoms with van der Waals surface area (Å²) in [7, 11) is 0. The molecule has 7 fully saturated rings. The first-order valence-electron chi connectivity index (χ1n) is 44.3. The van der Waals surface area contributed by atoms with Crippen molar-refractivity contribution in [2.75, 3.05) is 200 Å². The van der Waals surface area contributed by atoms with Gasteiger partial charge in [-0.1, -0.05) is 105 Å². The summed E-state index contributed by atoms with van der Waals surface area (Å²) in [5.41, 5.74) is 9.19. The Morgan fingerprint density at radius 1 is 0.431 bits per heavy atom. The Kier molecular flexibility index (Phi) is 26.1. The largest absolute Gasteiger partial charge is 0.508 e. The van der Waals surface area contributed by atoms with E-state index in [1.165, 1.54) is 37.7 Å². The van der Waals surface area contributed by atoms with Gasteiger partial charge in [-0.2, -0.15) is 29.9 Å². The van der Waals surface area contributed by atoms with Crippen molar-refractivity contribution in [1.29, 1.82) is 0 Å². The van der Waals surface area contributed by atoms with Crippen LogP contribution in [-0.2, 0) is 58.0 Å². The predicted octanol–water partition coefficient (Wildman–Crippen LogP) is 11.3. The van der Waals surface area contributed by atoms with Crippen LogP contribution < -0.4 is 43.6 Å². The lowest BCUT2D eigenvalue weighted by atomic mass is 9.86. The molecule has 27 nitrogen and oxygen atoms in total. The second-order valence-corrected chi connectivity index (χ2v) is 34.0. The molecule has 3 amide bonds. The molecule has 3 unspecified atom stereocenters. The van der Waals surface area contributed by atoms with Crippen molar-refractivity contribution in [2.45, 2.75) is 96.4 Å². The number of likely N-dealkylation sites (tertiary alicyclic amines) is 1. The number of fused-ring (bicyclic) bond motifs is 7. The lowest BCUT2D eigenvalue weighted by Crippen LogP contribution is -2.49. The number of halogens is 1. The second kappa shape index (κ2) is 38.4. The van der Waals surface area contributed by atoms with E-state index >= 15 is 0 Å². The molecular formula is C95H114FN17O10. The van der Waals surface area contributed by atoms with E-state index in [4.69, 9.17) is 48.9 Å². The zero-order valence-corrected chi connectivity index (χ0v) is 70.5. The van der Waals surface area contributed by atoms with Gasteiger partial charge in [-0.15, -0.1) is 0 Å². The van der Waals surface area contributed by atoms with Gasteiger partial charge in [-0.25, -0.2) is 4.39 Å². The van der Waals surface area contributed by atoms with Crippen molar-refractivity contribution in [3.8, 4) is 35.3 Å². The number of ether oxygens (including phenoxy) is 4. The number of morpholine rings is 1. The van der Waals surface area contributed by atoms with Crippen LogP contribution in [0.5, 0.6) is 35.3 Å². The van der Waals surface area contributed by atoms with Crippen LogP contribution in [0.25, 0.3) is 32.3 Å². The van der Waals surface area contributed by atoms with Crippen LogP contribution in [0, 0.1) is 17.8 Å². The molecule has 5 saturated heterocycles. The molecule has 0 radical (unpaired) electrons. The van der Waals surface area contributed by atoms with Gasteiger partial charge in [0.2, 0.25) is 17.7 Å². The molecular weight excluding hydrogens is 1560 g/mol. The third-order valence-electron chi connectivity index (χ3n) is 26.1. The number of aromatic hydroxyl groups is 3. The summed E-state index contributed by atoms with van der Waals surface area (Å²) >= 11 is 0. The minimum Gasteiger partial charge on any atom is -0.508 e. The van der Waals surface area contributed by atoms with Crippen molar-refractivity contribution in [1.82, 2.24) is 54.4 Å². The van der Waals surface area contributed by atoms with Crippen molar-refractivity contribution in [3.63, 3.8) is 0 Å². The number of rotatable bonds is 23. The van der Waals surface area contributed by atoms with Crippen LogP contribution in [0.1, 0.15) is 85.1 Å². The molecule has 123 heavy (non-hydrogen) atoms. The molecule has 9 aromatic rings. The van der Waals surface area contributed by atoms with Gasteiger partial charge in [0.25, 0.3) is 0 Å². The maximum absolute atomic E-state index is 13.9. The molecule has 2 saturated carbocycles. The molecule has 3 aromatic heterocycles. The van der Waals surface area contributed by atoms with Gasteiger partial charge in [-0.3, -0.25) is 19.3 Å². The SMILES string of the molecule is C=CC(=O)N1CCN(c2nc(OCCC3CCC[C@@H](F)C3)nc3c2CCN(c2cc(O)cc4ccccc24)C3)CC1.C=CC(=O)N1CCN(c2nc(OCCCN3CC4CC4C3)nc3c2CCN(c2cc(O)cc4ccccc24)C3)CC1.C=CC(=O)N1CCN(c2nc(OCCCN3CCOCC3)nc3c2CCN(c2cc(O)cc4ccccc24)C3)CC1. The fraction of sp³-hybridized carbons (Fsp3) is 0.463. The molecule has 6 aromatic carbocycles. The first-order chi connectivity index (χ1) is 60.1. The number of benzene rings is 6. The number of phenolic OH excluding ortho intramolecular Hbond substituents is 3. The number of hydrogen-bond acceptors (Lipinski definition) is 24. The molecule has 10 aliphatic rings. The van der Waals surface area contributed by atoms with E-state index in [0.29, 0.717) is 155 Å². The van der Waals surface area contributed by atoms with Crippen LogP contribution >= 0.6 is 0 Å². The number of alkyl halides is 1. The van der Waals surface area contributed by atoms with E-state index in [0.717, 1.165) is 223 Å². The van der Waals surface area contributed by atoms with Crippen LogP contribution in [0.2, 0.25) is 0 Å². The van der Waals surface area contributed by atoms with E-state index in [1.807, 2.05) is 93.6 Å². The average Bonchev–Trinajstić information content (AvgIpc) is 1.55. The third-order valence-corrected chi connectivity index (χ3v) is 26.1. The summed E-state index contributed by atoms with van der Waals surface area (Å²) in [6.45, 7) is 32.5. The van der Waals surface area contributed by atoms with Gasteiger partial charge in [-0.05, 0) is 128 Å². The Bertz CT molecular complexity index is 5120. The Balaban J connectivity index is 0.000000131. The van der Waals surface area contributed by atoms with E-state index < -0.39 is 6.17 Å². The number of amides is 3. The van der Waals surface area contributed by atoms with Gasteiger partial charge in [0.05, 0.1) is 69.8 Å². The zero-order valence-electron chi connectivity index (χ0n) is 70.5. The van der Waals surface area contributed by atoms with Crippen LogP contribution in [-0.4, -0.2) is 264 Å². The number of phenols is 3. The summed E-state index contributed by atoms with van der Waals surface area (Å²) in [5.74, 6) is 5.57. The fourth-order valence-corrected chi connectivity index (χ4v) is 19.4. The molecule has 11 heterocycles. The van der Waals surface area contributed by atoms with E-state index in [9.17, 15) is 34.1 Å². The molecule has 28 heteroatoms. The van der Waals surface area contributed by atoms with Crippen molar-refractivity contribution >= 4 is 84.6 Å². The van der Waals surface area contributed by atoms with Gasteiger partial charge >= 0.3 is 18.0 Å². The predicted molar refractivity (Wildman–Crippen MR) is 477 cm³/mol. The summed E-state index contributed by atoms with van der Waals surface area (Å²) in [5, 5.41) is 37.7. The summed E-state index contributed by atoms with van der Waals surface area (Å²) in [4.78, 5) is 90.0. The van der Waals surface area contributed by atoms with Crippen LogP contribution in [0.4, 0.5) is 38.9 Å². The first-order valence-corrected chi connectivity index (χ1v) is 44.3. The first kappa shape index (κ1) is 83.6. The molecule has 8 aliphatic heterocycles. The highest BCUT2D eigenvalue weighted by atomic mass is 19.1. The molecule has 2 aliphatic carbocycles. The second-order valence-electron chi connectivity index (χ2n) is 34.0. The maximum atomic E-state index is 13.9. The Morgan fingerprint density at radius 2 is 0.797 bits per heavy atom. The molecule has 19 rings (SSSR count). The number of aromatic nitrogens is 6. The van der Waals surface area contributed by atoms with Gasteiger partial charge in [0.1, 0.15) is 40.9 Å². The minimum atomic E-state index is -0.702. The van der Waals surface area contributed by atoms with Crippen molar-refractivity contribution in [2.24, 2.45) is 17.8 Å². The third kappa shape index (κ3) is 19.7. The monoisotopic (exact) mass is 1670 g/mol. The number of carbonyl (C=O) groups excluding carboxylic acids is 3. The Morgan fingerprint density at radius 3 is 1.17 bits per heavy atom. The highest BCUT2D eigenvalue weighted by Gasteiger charge is 2.45. The topological polar surface area (TPSA) is 262 Å². The Hall–Kier alpha value is -11.6. The maximum Gasteiger partial charge on any atom is 0.318 e. The number of carbonyl (C=O) groups is 3. The van der Waals surface area contributed by atoms with Crippen molar-refractivity contribution in [3.05, 3.63) is 181 Å². The van der Waals surface area contributed by atoms with E-state index in [-0.39, 0.29) is 35.0 Å². The van der Waals surface area contributed by atoms with Gasteiger partial charge < -0.3 is 83.3 Å². The highest BCUT2D eigenvalue weighted by Crippen LogP contribution is 2.46. The number of hydrogen-bond donors (Lipinski definition) is 3. The minimum absolute atomic E-state index is 0.0253. The summed E-state index contributed by atoms with van der Waals surface area (Å²) < 4.78 is 37.9. The smallest absolute Gasteiger partial charge is 0.318 e. The molecule has 0 spiro atoms. The van der Waals surface area contributed by atoms with Crippen molar-refractivity contribution < 1.29 is 53.0 Å². The highest BCUT2D eigenvalue weighted by molar-refractivity contribution is 5.98. The number of nitrogens with zero attached hydrogens (tertiary/aromatic N) is 17. The summed E-state index contributed by atoms with van der Waals surface area (Å²) in [6, 6.07) is 36.5. The molecule has 4 atom stereocenters. The van der Waals surface area contributed by atoms with E-state index in [1.54, 1.807) is 12.1 Å². The van der Waals surface area contributed by atoms with Gasteiger partial charge in [0.15, 0.2) is 0 Å². The summed E-state index contributed by atoms with van der Waals surface area (Å²) in [6.07, 6.45) is 13.1. The van der Waals surface area contributed by atoms with Crippen LogP contribution in [0.3, 0.4) is 0 Å². The number of piperazine rings is 3. The lowest BCUT2D eigenvalue weighted by Gasteiger charge is -2.38. The van der Waals surface area contributed by atoms with Gasteiger partial charge in [0, 0.05) is 206 Å². The average molecular weight is 1670 g/mol. The molecule has 646 valence electrons. The van der Waals surface area contributed by atoms with E-state index in [2.05, 4.69) is 77.1 Å². The number of anilines is 6. The Labute approximate surface area is 718 Å². The zero-order chi connectivity index (χ0) is 84.5. The van der Waals surface area contributed by atoms with Crippen LogP contribution in [0.15, 0.2) is 147 Å². The fourth-order valence-electron chi connectivity index (χ4n) is 19.4. The molecule has 3 N–H and O–H groups in total. The number of piperidine rings is 1. The quantitative estimate of drug-likeness (QED) is 0.0397. The lowest BCUT2D eigenvalue weighted by molar-refractivity contribution is -0.127.